The Labute approximate surface area is 248 Å². The standard InChI is InChI=1S/C31H38ClN3O5S/c1-3-40-20-10-19-33-31(37)29(21-25-11-6-4-7-12-25)35(23-27-15-17-28(32)18-16-27)30(36)24-34(41(2,38)39)22-26-13-8-5-9-14-26/h4-9,11-18,29H,3,10,19-24H2,1-2H3,(H,33,37)/t29-/m0/s1. The number of carbonyl (C=O) groups is 2. The average molecular weight is 600 g/mol. The Bertz CT molecular complexity index is 1340. The molecule has 0 spiro atoms. The van der Waals surface area contributed by atoms with Gasteiger partial charge in [0.25, 0.3) is 0 Å². The Morgan fingerprint density at radius 3 is 2.05 bits per heavy atom. The van der Waals surface area contributed by atoms with Gasteiger partial charge in [-0.1, -0.05) is 84.4 Å². The SMILES string of the molecule is CCOCCCNC(=O)[C@H](Cc1ccccc1)N(Cc1ccc(Cl)cc1)C(=O)CN(Cc1ccccc1)S(C)(=O)=O. The minimum atomic E-state index is -3.74. The Hall–Kier alpha value is -3.24. The zero-order valence-electron chi connectivity index (χ0n) is 23.5. The molecule has 3 rings (SSSR count). The van der Waals surface area contributed by atoms with Gasteiger partial charge in [-0.15, -0.1) is 0 Å². The zero-order valence-corrected chi connectivity index (χ0v) is 25.1. The fraction of sp³-hybridized carbons (Fsp3) is 0.355. The largest absolute Gasteiger partial charge is 0.382 e. The first kappa shape index (κ1) is 32.3. The van der Waals surface area contributed by atoms with Crippen LogP contribution in [0.2, 0.25) is 5.02 Å². The first-order chi connectivity index (χ1) is 19.7. The number of rotatable bonds is 16. The maximum absolute atomic E-state index is 14.0. The van der Waals surface area contributed by atoms with E-state index in [0.717, 1.165) is 27.3 Å². The number of ether oxygens (including phenoxy) is 1. The van der Waals surface area contributed by atoms with E-state index >= 15 is 0 Å². The van der Waals surface area contributed by atoms with Crippen LogP contribution in [0.5, 0.6) is 0 Å². The molecule has 0 aliphatic carbocycles. The smallest absolute Gasteiger partial charge is 0.243 e. The van der Waals surface area contributed by atoms with Crippen molar-refractivity contribution in [3.63, 3.8) is 0 Å². The Kier molecular flexibility index (Phi) is 12.8. The maximum Gasteiger partial charge on any atom is 0.243 e. The molecule has 0 unspecified atom stereocenters. The molecular weight excluding hydrogens is 562 g/mol. The highest BCUT2D eigenvalue weighted by Gasteiger charge is 2.32. The Balaban J connectivity index is 1.94. The van der Waals surface area contributed by atoms with Gasteiger partial charge in [0.2, 0.25) is 21.8 Å². The van der Waals surface area contributed by atoms with Crippen LogP contribution in [-0.4, -0.2) is 68.0 Å². The lowest BCUT2D eigenvalue weighted by Gasteiger charge is -2.33. The van der Waals surface area contributed by atoms with Crippen LogP contribution in [0.4, 0.5) is 0 Å². The number of sulfonamides is 1. The molecule has 0 fully saturated rings. The predicted molar refractivity (Wildman–Crippen MR) is 162 cm³/mol. The van der Waals surface area contributed by atoms with Crippen LogP contribution in [0.3, 0.4) is 0 Å². The number of hydrogen-bond donors (Lipinski definition) is 1. The van der Waals surface area contributed by atoms with Crippen LogP contribution in [0.25, 0.3) is 0 Å². The zero-order chi connectivity index (χ0) is 29.7. The van der Waals surface area contributed by atoms with E-state index in [1.165, 1.54) is 4.90 Å². The van der Waals surface area contributed by atoms with Gasteiger partial charge in [0.05, 0.1) is 12.8 Å². The van der Waals surface area contributed by atoms with Gasteiger partial charge in [-0.05, 0) is 42.2 Å². The van der Waals surface area contributed by atoms with Crippen LogP contribution in [0.1, 0.15) is 30.0 Å². The third-order valence-electron chi connectivity index (χ3n) is 6.49. The van der Waals surface area contributed by atoms with E-state index in [-0.39, 0.29) is 25.4 Å². The minimum Gasteiger partial charge on any atom is -0.382 e. The summed E-state index contributed by atoms with van der Waals surface area (Å²) in [5.41, 5.74) is 2.39. The maximum atomic E-state index is 14.0. The van der Waals surface area contributed by atoms with Crippen LogP contribution >= 0.6 is 11.6 Å². The summed E-state index contributed by atoms with van der Waals surface area (Å²) in [4.78, 5) is 29.1. The summed E-state index contributed by atoms with van der Waals surface area (Å²) in [6.45, 7) is 3.12. The van der Waals surface area contributed by atoms with Crippen LogP contribution in [0, 0.1) is 0 Å². The van der Waals surface area contributed by atoms with Gasteiger partial charge < -0.3 is 15.0 Å². The monoisotopic (exact) mass is 599 g/mol. The highest BCUT2D eigenvalue weighted by Crippen LogP contribution is 2.18. The van der Waals surface area contributed by atoms with Crippen LogP contribution in [-0.2, 0) is 43.9 Å². The topological polar surface area (TPSA) is 96.0 Å². The molecule has 0 aliphatic heterocycles. The third kappa shape index (κ3) is 10.9. The van der Waals surface area contributed by atoms with Crippen molar-refractivity contribution < 1.29 is 22.7 Å². The summed E-state index contributed by atoms with van der Waals surface area (Å²) in [7, 11) is -3.74. The molecule has 2 amide bonds. The average Bonchev–Trinajstić information content (AvgIpc) is 2.96. The fourth-order valence-corrected chi connectivity index (χ4v) is 5.16. The van der Waals surface area contributed by atoms with E-state index in [4.69, 9.17) is 16.3 Å². The fourth-order valence-electron chi connectivity index (χ4n) is 4.31. The first-order valence-corrected chi connectivity index (χ1v) is 15.8. The summed E-state index contributed by atoms with van der Waals surface area (Å²) in [5.74, 6) is -0.798. The molecule has 0 heterocycles. The molecule has 220 valence electrons. The van der Waals surface area contributed by atoms with Gasteiger partial charge in [-0.25, -0.2) is 8.42 Å². The number of amides is 2. The second-order valence-corrected chi connectivity index (χ2v) is 12.1. The molecule has 0 bridgehead atoms. The van der Waals surface area contributed by atoms with Crippen molar-refractivity contribution >= 4 is 33.4 Å². The molecule has 1 atom stereocenters. The lowest BCUT2D eigenvalue weighted by Crippen LogP contribution is -2.53. The number of carbonyl (C=O) groups excluding carboxylic acids is 2. The molecule has 0 saturated heterocycles. The summed E-state index contributed by atoms with van der Waals surface area (Å²) in [6.07, 6.45) is 1.97. The summed E-state index contributed by atoms with van der Waals surface area (Å²) in [5, 5.41) is 3.50. The van der Waals surface area contributed by atoms with E-state index in [0.29, 0.717) is 31.2 Å². The number of nitrogens with zero attached hydrogens (tertiary/aromatic N) is 2. The second-order valence-electron chi connectivity index (χ2n) is 9.71. The van der Waals surface area contributed by atoms with Gasteiger partial charge >= 0.3 is 0 Å². The van der Waals surface area contributed by atoms with E-state index in [2.05, 4.69) is 5.32 Å². The minimum absolute atomic E-state index is 0.0349. The van der Waals surface area contributed by atoms with E-state index in [1.807, 2.05) is 67.6 Å². The molecule has 0 aromatic heterocycles. The normalized spacial score (nSPS) is 12.2. The lowest BCUT2D eigenvalue weighted by atomic mass is 10.0. The molecule has 3 aromatic carbocycles. The van der Waals surface area contributed by atoms with E-state index < -0.39 is 28.5 Å². The molecular formula is C31H38ClN3O5S. The molecule has 41 heavy (non-hydrogen) atoms. The van der Waals surface area contributed by atoms with E-state index in [1.54, 1.807) is 24.3 Å². The molecule has 0 saturated carbocycles. The van der Waals surface area contributed by atoms with Gasteiger partial charge in [0.1, 0.15) is 6.04 Å². The van der Waals surface area contributed by atoms with E-state index in [9.17, 15) is 18.0 Å². The highest BCUT2D eigenvalue weighted by molar-refractivity contribution is 7.88. The first-order valence-electron chi connectivity index (χ1n) is 13.6. The van der Waals surface area contributed by atoms with Crippen molar-refractivity contribution in [2.24, 2.45) is 0 Å². The van der Waals surface area contributed by atoms with Crippen molar-refractivity contribution in [3.8, 4) is 0 Å². The van der Waals surface area contributed by atoms with Crippen molar-refractivity contribution in [1.82, 2.24) is 14.5 Å². The molecule has 10 heteroatoms. The number of halogens is 1. The molecule has 0 aliphatic rings. The summed E-state index contributed by atoms with van der Waals surface area (Å²) >= 11 is 6.09. The summed E-state index contributed by atoms with van der Waals surface area (Å²) < 4.78 is 32.0. The Morgan fingerprint density at radius 2 is 1.46 bits per heavy atom. The number of benzene rings is 3. The number of hydrogen-bond acceptors (Lipinski definition) is 5. The Morgan fingerprint density at radius 1 is 0.878 bits per heavy atom. The molecule has 0 radical (unpaired) electrons. The highest BCUT2D eigenvalue weighted by atomic mass is 35.5. The summed E-state index contributed by atoms with van der Waals surface area (Å²) in [6, 6.07) is 24.7. The van der Waals surface area contributed by atoms with Gasteiger partial charge in [0.15, 0.2) is 0 Å². The van der Waals surface area contributed by atoms with Gasteiger partial charge in [-0.3, -0.25) is 9.59 Å². The van der Waals surface area contributed by atoms with Gasteiger partial charge in [-0.2, -0.15) is 4.31 Å². The third-order valence-corrected chi connectivity index (χ3v) is 7.94. The quantitative estimate of drug-likeness (QED) is 0.248. The van der Waals surface area contributed by atoms with Crippen molar-refractivity contribution in [2.45, 2.75) is 38.9 Å². The van der Waals surface area contributed by atoms with Crippen molar-refractivity contribution in [3.05, 3.63) is 107 Å². The molecule has 8 nitrogen and oxygen atoms in total. The molecule has 3 aromatic rings. The van der Waals surface area contributed by atoms with Gasteiger partial charge in [0, 0.05) is 44.3 Å². The van der Waals surface area contributed by atoms with Crippen LogP contribution in [0.15, 0.2) is 84.9 Å². The van der Waals surface area contributed by atoms with Crippen molar-refractivity contribution in [1.29, 1.82) is 0 Å². The van der Waals surface area contributed by atoms with Crippen LogP contribution < -0.4 is 5.32 Å². The second kappa shape index (κ2) is 16.3. The van der Waals surface area contributed by atoms with Crippen molar-refractivity contribution in [2.75, 3.05) is 32.6 Å². The predicted octanol–water partition coefficient (Wildman–Crippen LogP) is 4.28. The lowest BCUT2D eigenvalue weighted by molar-refractivity contribution is -0.141. The molecule has 1 N–H and O–H groups in total. The number of nitrogens with one attached hydrogen (secondary N) is 1.